The molecule has 149 heavy (non-hydrogen) atoms. The van der Waals surface area contributed by atoms with E-state index >= 15 is 0 Å². The Bertz CT molecular complexity index is 7320. The van der Waals surface area contributed by atoms with Gasteiger partial charge in [-0.25, -0.2) is 4.39 Å². The SMILES string of the molecule is CNc1cccc2c1Cc1nc(Oc3cccnc3)nc(N3C/C(=N\OC)C(N)C3)c1-2.CNc1cccc2c1Cc1nc(Oc3cccnc3)nc(N3CC(F)[C@H](N)C3)c1-2.CNc1cccc2c1Cc1nc(Oc3cccnc3)nc(N3CC4CNC[C@H]4C3)c1-2.CNc1cccc2c1Cc1nc(Oc3cccnc3)nc(N3CCC(N)CC3)c1-2.CNc1cccc2c1Cc1nc(Oc3cccnc3)nc(N3CCC4(CNC4)C3)c1-2. The third-order valence-corrected chi connectivity index (χ3v) is 29.8. The van der Waals surface area contributed by atoms with E-state index in [1.165, 1.54) is 52.5 Å². The number of rotatable bonds is 21. The van der Waals surface area contributed by atoms with Crippen LogP contribution < -0.4 is 103 Å². The van der Waals surface area contributed by atoms with Crippen molar-refractivity contribution in [3.63, 3.8) is 0 Å². The highest BCUT2D eigenvalue weighted by Crippen LogP contribution is 2.54. The molecule has 38 heteroatoms. The van der Waals surface area contributed by atoms with Gasteiger partial charge in [0.2, 0.25) is 0 Å². The van der Waals surface area contributed by atoms with Gasteiger partial charge in [0.1, 0.15) is 71.1 Å². The lowest BCUT2D eigenvalue weighted by Crippen LogP contribution is -2.54. The number of nitrogens with two attached hydrogens (primary N) is 3. The molecule has 0 radical (unpaired) electrons. The third-order valence-electron chi connectivity index (χ3n) is 29.8. The molecule has 758 valence electrons. The number of fused-ring (bicyclic) bond motifs is 16. The maximum atomic E-state index is 14.2. The lowest BCUT2D eigenvalue weighted by atomic mass is 9.81. The van der Waals surface area contributed by atoms with Crippen molar-refractivity contribution in [1.29, 1.82) is 0 Å². The lowest BCUT2D eigenvalue weighted by molar-refractivity contribution is 0.199. The van der Waals surface area contributed by atoms with Crippen LogP contribution in [-0.4, -0.2) is 239 Å². The van der Waals surface area contributed by atoms with Crippen LogP contribution in [0.25, 0.3) is 55.6 Å². The molecule has 7 saturated heterocycles. The van der Waals surface area contributed by atoms with Gasteiger partial charge in [0.05, 0.1) is 90.3 Å². The highest BCUT2D eigenvalue weighted by atomic mass is 19.1. The average molecular weight is 2000 g/mol. The number of ether oxygens (including phenoxy) is 5. The van der Waals surface area contributed by atoms with Crippen molar-refractivity contribution < 1.29 is 32.9 Å². The third kappa shape index (κ3) is 19.3. The number of hydrogen-bond donors (Lipinski definition) is 10. The highest BCUT2D eigenvalue weighted by Gasteiger charge is 2.47. The number of hydrogen-bond acceptors (Lipinski definition) is 37. The number of alkyl halides is 1. The van der Waals surface area contributed by atoms with Gasteiger partial charge in [0.15, 0.2) is 0 Å². The summed E-state index contributed by atoms with van der Waals surface area (Å²) in [5.74, 6) is 8.81. The summed E-state index contributed by atoms with van der Waals surface area (Å²) in [5.41, 5.74) is 47.3. The smallest absolute Gasteiger partial charge is 0.324 e. The Morgan fingerprint density at radius 1 is 0.362 bits per heavy atom. The number of benzene rings is 5. The molecule has 15 aromatic rings. The Balaban J connectivity index is 0.000000102. The van der Waals surface area contributed by atoms with E-state index in [0.717, 1.165) is 228 Å². The first-order valence-electron chi connectivity index (χ1n) is 50.7. The van der Waals surface area contributed by atoms with Crippen LogP contribution in [0.15, 0.2) is 219 Å². The molecule has 7 fully saturated rings. The van der Waals surface area contributed by atoms with Crippen LogP contribution in [0.5, 0.6) is 58.8 Å². The van der Waals surface area contributed by atoms with E-state index < -0.39 is 12.2 Å². The van der Waals surface area contributed by atoms with E-state index in [2.05, 4.69) is 170 Å². The predicted molar refractivity (Wildman–Crippen MR) is 574 cm³/mol. The molecule has 5 aromatic carbocycles. The average Bonchev–Trinajstić information content (AvgIpc) is 1.31. The van der Waals surface area contributed by atoms with Crippen molar-refractivity contribution in [2.75, 3.05) is 185 Å². The quantitative estimate of drug-likeness (QED) is 0.0299. The summed E-state index contributed by atoms with van der Waals surface area (Å²) in [6.45, 7) is 11.9. The molecule has 37 nitrogen and oxygen atoms in total. The number of aromatic nitrogens is 15. The summed E-state index contributed by atoms with van der Waals surface area (Å²) in [6, 6.07) is 51.0. The molecule has 3 unspecified atom stereocenters. The molecule has 0 bridgehead atoms. The molecule has 0 amide bonds. The molecule has 10 aromatic heterocycles. The van der Waals surface area contributed by atoms with Gasteiger partial charge in [0.25, 0.3) is 0 Å². The molecule has 17 heterocycles. The largest absolute Gasteiger partial charge is 0.423 e. The maximum absolute atomic E-state index is 14.2. The minimum atomic E-state index is -1.09. The molecule has 0 saturated carbocycles. The number of oxime groups is 1. The molecule has 1 spiro atoms. The van der Waals surface area contributed by atoms with Gasteiger partial charge < -0.3 is 107 Å². The van der Waals surface area contributed by atoms with Crippen LogP contribution >= 0.6 is 0 Å². The minimum absolute atomic E-state index is 0.206. The molecule has 7 aliphatic heterocycles. The number of halogens is 1. The van der Waals surface area contributed by atoms with Gasteiger partial charge in [-0.15, -0.1) is 0 Å². The fourth-order valence-corrected chi connectivity index (χ4v) is 22.5. The van der Waals surface area contributed by atoms with E-state index in [-0.39, 0.29) is 30.6 Å². The van der Waals surface area contributed by atoms with Gasteiger partial charge in [-0.05, 0) is 178 Å². The Labute approximate surface area is 861 Å². The van der Waals surface area contributed by atoms with Crippen molar-refractivity contribution in [1.82, 2.24) is 85.4 Å². The fourth-order valence-electron chi connectivity index (χ4n) is 22.5. The van der Waals surface area contributed by atoms with Crippen LogP contribution in [0, 0.1) is 17.3 Å². The second-order valence-corrected chi connectivity index (χ2v) is 39.0. The van der Waals surface area contributed by atoms with Crippen molar-refractivity contribution in [3.05, 3.63) is 270 Å². The van der Waals surface area contributed by atoms with Gasteiger partial charge in [-0.3, -0.25) is 24.9 Å². The summed E-state index contributed by atoms with van der Waals surface area (Å²) < 4.78 is 44.0. The number of piperidine rings is 1. The highest BCUT2D eigenvalue weighted by molar-refractivity contribution is 5.99. The van der Waals surface area contributed by atoms with Crippen LogP contribution in [0.4, 0.5) is 61.9 Å². The zero-order valence-electron chi connectivity index (χ0n) is 83.7. The normalized spacial score (nSPS) is 18.6. The molecule has 5 atom stereocenters. The number of anilines is 10. The van der Waals surface area contributed by atoms with Crippen LogP contribution in [-0.2, 0) is 36.9 Å². The Kier molecular flexibility index (Phi) is 26.9. The Morgan fingerprint density at radius 2 is 0.685 bits per heavy atom. The van der Waals surface area contributed by atoms with Crippen LogP contribution in [0.3, 0.4) is 0 Å². The van der Waals surface area contributed by atoms with Crippen molar-refractivity contribution >= 4 is 63.2 Å². The lowest BCUT2D eigenvalue weighted by Gasteiger charge is -2.39. The summed E-state index contributed by atoms with van der Waals surface area (Å²) in [4.78, 5) is 84.7. The monoisotopic (exact) mass is 2000 g/mol. The van der Waals surface area contributed by atoms with Crippen molar-refractivity contribution in [2.24, 2.45) is 39.6 Å². The van der Waals surface area contributed by atoms with E-state index in [1.54, 1.807) is 74.1 Å². The van der Waals surface area contributed by atoms with E-state index in [4.69, 9.17) is 85.6 Å². The molecular weight excluding hydrogens is 1880 g/mol. The van der Waals surface area contributed by atoms with Crippen molar-refractivity contribution in [3.8, 4) is 114 Å². The first-order valence-corrected chi connectivity index (χ1v) is 50.7. The zero-order valence-corrected chi connectivity index (χ0v) is 83.7. The van der Waals surface area contributed by atoms with Gasteiger partial charge in [-0.2, -0.15) is 49.8 Å². The van der Waals surface area contributed by atoms with Crippen LogP contribution in [0.1, 0.15) is 75.5 Å². The van der Waals surface area contributed by atoms with Crippen molar-refractivity contribution in [2.45, 2.75) is 75.7 Å². The topological polar surface area (TPSA) is 440 Å². The number of pyridine rings is 5. The summed E-state index contributed by atoms with van der Waals surface area (Å²) in [5, 5.41) is 27.5. The molecule has 12 aliphatic rings. The van der Waals surface area contributed by atoms with Crippen LogP contribution in [0.2, 0.25) is 0 Å². The van der Waals surface area contributed by atoms with Gasteiger partial charge >= 0.3 is 30.1 Å². The number of nitrogens with one attached hydrogen (secondary N) is 7. The van der Waals surface area contributed by atoms with E-state index in [0.29, 0.717) is 102 Å². The second kappa shape index (κ2) is 41.8. The Hall–Kier alpha value is -16.6. The predicted octanol–water partition coefficient (Wildman–Crippen LogP) is 14.4. The number of nitrogens with zero attached hydrogens (tertiary/aromatic N) is 21. The fraction of sp³-hybridized carbons (Fsp3) is 0.315. The Morgan fingerprint density at radius 3 is 0.973 bits per heavy atom. The first-order chi connectivity index (χ1) is 73.1. The standard InChI is InChI=1S/2C23H24N6O.C22H23N7O2.C22H24N6O.C21H21FN6O/c1-24-18-6-2-5-16-17(18)10-19-20(16)21(29-9-7-23(14-29)12-26-13-23)28-22(27-19)30-15-4-3-8-25-11-15;1-24-19-6-2-5-17-18(19)8-20-21(17)22(29-12-14-9-26-10-15(14)13-29)28-23(27-20)30-16-4-3-7-25-11-16;1-24-17-7-3-6-14-15(17)9-18-20(14)21(29-11-16(23)19(12-29)28-30-2)27-22(26-18)31-13-5-4-8-25-10-13;1-24-18-6-2-5-16-17(18)12-19-20(16)21(28-10-7-14(23)8-11-28)27-22(26-19)29-15-4-3-9-25-13-15;1-24-17-6-2-5-13-14(17)8-18-19(13)20(28-10-15(22)16(23)11-28)27-21(26-18)29-12-4-3-7-25-9-12/h2-6,8,11,24,26H,7,9-10,12-14H2,1H3;2-7,11,14-15,24,26H,8-10,12-13H2,1H3;3-8,10,16,24H,9,11-12,23H2,1-2H3;2-6,9,13-14,24H,7-8,10-12,23H2,1H3;2-7,9,15-16,24H,8,10-11,23H2,1H3/b;;28-19+;;/t;14-,15?;;;15?,16-/m.0..1/s1. The van der Waals surface area contributed by atoms with E-state index in [9.17, 15) is 4.39 Å². The van der Waals surface area contributed by atoms with E-state index in [1.807, 2.05) is 107 Å². The maximum Gasteiger partial charge on any atom is 0.324 e. The summed E-state index contributed by atoms with van der Waals surface area (Å²) >= 11 is 0. The second-order valence-electron chi connectivity index (χ2n) is 39.0. The van der Waals surface area contributed by atoms with Gasteiger partial charge in [-0.1, -0.05) is 65.8 Å². The molecule has 5 aliphatic carbocycles. The molecule has 27 rings (SSSR count). The summed E-state index contributed by atoms with van der Waals surface area (Å²) in [7, 11) is 11.2. The zero-order chi connectivity index (χ0) is 101. The first kappa shape index (κ1) is 95.9. The molecule has 13 N–H and O–H groups in total. The minimum Gasteiger partial charge on any atom is -0.423 e. The van der Waals surface area contributed by atoms with Gasteiger partial charge in [0, 0.05) is 245 Å². The summed E-state index contributed by atoms with van der Waals surface area (Å²) in [6.07, 6.45) is 22.5. The molecular formula is C111H116FN31O6.